The number of fused-ring (bicyclic) bond motifs is 2. The van der Waals surface area contributed by atoms with E-state index in [0.29, 0.717) is 24.2 Å². The summed E-state index contributed by atoms with van der Waals surface area (Å²) in [4.78, 5) is 11.7. The summed E-state index contributed by atoms with van der Waals surface area (Å²) in [7, 11) is 0. The molecule has 3 aliphatic rings. The summed E-state index contributed by atoms with van der Waals surface area (Å²) in [6.45, 7) is 5.86. The van der Waals surface area contributed by atoms with Crippen molar-refractivity contribution in [1.29, 1.82) is 0 Å². The molecule has 1 aliphatic heterocycles. The Hall–Kier alpha value is -1.13. The van der Waals surface area contributed by atoms with Crippen LogP contribution < -0.4 is 0 Å². The summed E-state index contributed by atoms with van der Waals surface area (Å²) in [5.74, 6) is 0.375. The highest BCUT2D eigenvalue weighted by Crippen LogP contribution is 2.57. The Labute approximate surface area is 112 Å². The van der Waals surface area contributed by atoms with Gasteiger partial charge in [-0.3, -0.25) is 0 Å². The van der Waals surface area contributed by atoms with Crippen LogP contribution in [0.4, 0.5) is 0 Å². The Balaban J connectivity index is 2.17. The SMILES string of the molecule is CC1=C2C[C@]3(C)[C@@H](C)CC[C@H](O)[C@]3(O)C=C2OC1=O. The third-order valence-corrected chi connectivity index (χ3v) is 5.54. The van der Waals surface area contributed by atoms with Gasteiger partial charge in [-0.2, -0.15) is 0 Å². The van der Waals surface area contributed by atoms with Gasteiger partial charge in [-0.15, -0.1) is 0 Å². The fourth-order valence-electron chi connectivity index (χ4n) is 3.75. The Bertz CT molecular complexity index is 518. The van der Waals surface area contributed by atoms with E-state index in [1.165, 1.54) is 0 Å². The lowest BCUT2D eigenvalue weighted by Crippen LogP contribution is -2.61. The first-order chi connectivity index (χ1) is 8.79. The van der Waals surface area contributed by atoms with Gasteiger partial charge in [0.1, 0.15) is 11.4 Å². The van der Waals surface area contributed by atoms with Gasteiger partial charge in [0.15, 0.2) is 0 Å². The molecule has 2 aliphatic carbocycles. The lowest BCUT2D eigenvalue weighted by Gasteiger charge is -2.55. The molecule has 0 unspecified atom stereocenters. The Morgan fingerprint density at radius 1 is 1.42 bits per heavy atom. The minimum Gasteiger partial charge on any atom is -0.423 e. The van der Waals surface area contributed by atoms with E-state index >= 15 is 0 Å². The van der Waals surface area contributed by atoms with Crippen molar-refractivity contribution in [2.75, 3.05) is 0 Å². The average molecular weight is 264 g/mol. The summed E-state index contributed by atoms with van der Waals surface area (Å²) < 4.78 is 5.20. The third-order valence-electron chi connectivity index (χ3n) is 5.54. The molecule has 104 valence electrons. The summed E-state index contributed by atoms with van der Waals surface area (Å²) in [5.41, 5.74) is -0.257. The first-order valence-electron chi connectivity index (χ1n) is 6.85. The molecule has 0 spiro atoms. The van der Waals surface area contributed by atoms with Gasteiger partial charge < -0.3 is 14.9 Å². The standard InChI is InChI=1S/C15H20O4/c1-8-4-5-12(16)15(18)7-11-10(6-14(8,15)3)9(2)13(17)19-11/h7-8,12,16,18H,4-6H2,1-3H3/t8-,12-,14+,15+/m0/s1. The molecule has 0 aromatic heterocycles. The molecule has 4 heteroatoms. The molecular weight excluding hydrogens is 244 g/mol. The van der Waals surface area contributed by atoms with Crippen LogP contribution in [0, 0.1) is 11.3 Å². The topological polar surface area (TPSA) is 66.8 Å². The molecule has 19 heavy (non-hydrogen) atoms. The van der Waals surface area contributed by atoms with E-state index in [-0.39, 0.29) is 11.9 Å². The molecule has 4 nitrogen and oxygen atoms in total. The van der Waals surface area contributed by atoms with Crippen LogP contribution in [0.2, 0.25) is 0 Å². The molecule has 3 rings (SSSR count). The molecule has 1 saturated carbocycles. The van der Waals surface area contributed by atoms with Crippen LogP contribution in [0.15, 0.2) is 23.0 Å². The highest BCUT2D eigenvalue weighted by atomic mass is 16.5. The Morgan fingerprint density at radius 2 is 2.11 bits per heavy atom. The second-order valence-corrected chi connectivity index (χ2v) is 6.42. The zero-order chi connectivity index (χ0) is 14.0. The number of ether oxygens (including phenoxy) is 1. The number of rotatable bonds is 0. The van der Waals surface area contributed by atoms with Gasteiger partial charge in [0.25, 0.3) is 0 Å². The van der Waals surface area contributed by atoms with Crippen LogP contribution in [-0.2, 0) is 9.53 Å². The normalized spacial score (nSPS) is 45.5. The Kier molecular flexibility index (Phi) is 2.51. The first kappa shape index (κ1) is 12.9. The van der Waals surface area contributed by atoms with E-state index in [4.69, 9.17) is 4.74 Å². The highest BCUT2D eigenvalue weighted by Gasteiger charge is 2.59. The van der Waals surface area contributed by atoms with E-state index in [0.717, 1.165) is 12.0 Å². The molecule has 4 atom stereocenters. The lowest BCUT2D eigenvalue weighted by atomic mass is 9.53. The predicted octanol–water partition coefficient (Wildman–Crippen LogP) is 1.68. The zero-order valence-electron chi connectivity index (χ0n) is 11.6. The van der Waals surface area contributed by atoms with E-state index in [1.54, 1.807) is 13.0 Å². The summed E-state index contributed by atoms with van der Waals surface area (Å²) in [6, 6.07) is 0. The van der Waals surface area contributed by atoms with Crippen LogP contribution in [-0.4, -0.2) is 27.9 Å². The van der Waals surface area contributed by atoms with E-state index < -0.39 is 17.1 Å². The monoisotopic (exact) mass is 264 g/mol. The van der Waals surface area contributed by atoms with Crippen molar-refractivity contribution < 1.29 is 19.7 Å². The van der Waals surface area contributed by atoms with Crippen molar-refractivity contribution >= 4 is 5.97 Å². The average Bonchev–Trinajstić information content (AvgIpc) is 2.61. The number of aliphatic hydroxyl groups is 2. The van der Waals surface area contributed by atoms with Crippen LogP contribution in [0.5, 0.6) is 0 Å². The molecule has 0 bridgehead atoms. The van der Waals surface area contributed by atoms with Crippen molar-refractivity contribution in [3.8, 4) is 0 Å². The van der Waals surface area contributed by atoms with Crippen LogP contribution in [0.3, 0.4) is 0 Å². The second kappa shape index (κ2) is 3.70. The summed E-state index contributed by atoms with van der Waals surface area (Å²) in [5, 5.41) is 21.2. The molecular formula is C15H20O4. The number of esters is 1. The molecule has 1 fully saturated rings. The van der Waals surface area contributed by atoms with Crippen molar-refractivity contribution in [3.05, 3.63) is 23.0 Å². The van der Waals surface area contributed by atoms with Gasteiger partial charge in [0.05, 0.1) is 6.10 Å². The number of allylic oxidation sites excluding steroid dienone is 1. The smallest absolute Gasteiger partial charge is 0.339 e. The predicted molar refractivity (Wildman–Crippen MR) is 69.0 cm³/mol. The summed E-state index contributed by atoms with van der Waals surface area (Å²) >= 11 is 0. The zero-order valence-corrected chi connectivity index (χ0v) is 11.6. The van der Waals surface area contributed by atoms with Crippen LogP contribution in [0.25, 0.3) is 0 Å². The molecule has 2 N–H and O–H groups in total. The number of hydrogen-bond acceptors (Lipinski definition) is 4. The van der Waals surface area contributed by atoms with E-state index in [1.807, 2.05) is 6.92 Å². The third kappa shape index (κ3) is 1.44. The van der Waals surface area contributed by atoms with Crippen molar-refractivity contribution in [2.24, 2.45) is 11.3 Å². The second-order valence-electron chi connectivity index (χ2n) is 6.42. The molecule has 0 saturated heterocycles. The number of aliphatic hydroxyl groups excluding tert-OH is 1. The largest absolute Gasteiger partial charge is 0.423 e. The van der Waals surface area contributed by atoms with Crippen LogP contribution >= 0.6 is 0 Å². The molecule has 0 amide bonds. The minimum absolute atomic E-state index is 0.273. The van der Waals surface area contributed by atoms with E-state index in [9.17, 15) is 15.0 Å². The highest BCUT2D eigenvalue weighted by molar-refractivity contribution is 5.94. The quantitative estimate of drug-likeness (QED) is 0.653. The molecule has 0 radical (unpaired) electrons. The van der Waals surface area contributed by atoms with Gasteiger partial charge >= 0.3 is 5.97 Å². The van der Waals surface area contributed by atoms with Crippen molar-refractivity contribution in [1.82, 2.24) is 0 Å². The lowest BCUT2D eigenvalue weighted by molar-refractivity contribution is -0.172. The maximum Gasteiger partial charge on any atom is 0.339 e. The molecule has 1 heterocycles. The Morgan fingerprint density at radius 3 is 2.79 bits per heavy atom. The fraction of sp³-hybridized carbons (Fsp3) is 0.667. The number of carbonyl (C=O) groups excluding carboxylic acids is 1. The van der Waals surface area contributed by atoms with Crippen LogP contribution in [0.1, 0.15) is 40.0 Å². The maximum absolute atomic E-state index is 11.7. The van der Waals surface area contributed by atoms with Gasteiger partial charge in [-0.05, 0) is 38.2 Å². The fourth-order valence-corrected chi connectivity index (χ4v) is 3.75. The minimum atomic E-state index is -1.31. The molecule has 0 aromatic rings. The van der Waals surface area contributed by atoms with Gasteiger partial charge in [-0.1, -0.05) is 13.8 Å². The number of carbonyl (C=O) groups is 1. The van der Waals surface area contributed by atoms with Crippen molar-refractivity contribution in [2.45, 2.75) is 51.7 Å². The van der Waals surface area contributed by atoms with E-state index in [2.05, 4.69) is 6.92 Å². The first-order valence-corrected chi connectivity index (χ1v) is 6.85. The number of hydrogen-bond donors (Lipinski definition) is 2. The van der Waals surface area contributed by atoms with Crippen molar-refractivity contribution in [3.63, 3.8) is 0 Å². The molecule has 0 aromatic carbocycles. The summed E-state index contributed by atoms with van der Waals surface area (Å²) in [6.07, 6.45) is 2.79. The maximum atomic E-state index is 11.7. The van der Waals surface area contributed by atoms with Gasteiger partial charge in [0, 0.05) is 16.6 Å². The van der Waals surface area contributed by atoms with Gasteiger partial charge in [0.2, 0.25) is 0 Å². The van der Waals surface area contributed by atoms with Gasteiger partial charge in [-0.25, -0.2) is 4.79 Å².